The second-order valence-electron chi connectivity index (χ2n) is 8.69. The number of nitrogens with zero attached hydrogens (tertiary/aromatic N) is 2. The van der Waals surface area contributed by atoms with Crippen LogP contribution in [0, 0.1) is 0 Å². The molecule has 10 heteroatoms. The van der Waals surface area contributed by atoms with Gasteiger partial charge in [-0.3, -0.25) is 4.79 Å². The van der Waals surface area contributed by atoms with Crippen LogP contribution < -0.4 is 4.74 Å². The lowest BCUT2D eigenvalue weighted by molar-refractivity contribution is -0.133. The molecule has 192 valence electrons. The van der Waals surface area contributed by atoms with Crippen LogP contribution in [0.4, 0.5) is 0 Å². The molecule has 1 amide bonds. The lowest BCUT2D eigenvalue weighted by Crippen LogP contribution is -2.49. The molecular weight excluding hydrogens is 539 g/mol. The Morgan fingerprint density at radius 3 is 2.58 bits per heavy atom. The van der Waals surface area contributed by atoms with Gasteiger partial charge in [-0.1, -0.05) is 42.3 Å². The van der Waals surface area contributed by atoms with Gasteiger partial charge in [-0.2, -0.15) is 4.31 Å². The molecule has 2 aromatic carbocycles. The van der Waals surface area contributed by atoms with Crippen molar-refractivity contribution >= 4 is 50.5 Å². The lowest BCUT2D eigenvalue weighted by atomic mass is 9.93. The maximum atomic E-state index is 13.8. The average Bonchev–Trinajstić information content (AvgIpc) is 3.36. The number of halogens is 2. The number of thiophene rings is 1. The fourth-order valence-corrected chi connectivity index (χ4v) is 7.73. The van der Waals surface area contributed by atoms with Crippen LogP contribution >= 0.6 is 34.5 Å². The Hall–Kier alpha value is -2.10. The molecule has 3 aromatic rings. The zero-order valence-corrected chi connectivity index (χ0v) is 23.4. The van der Waals surface area contributed by atoms with Crippen LogP contribution in [0.2, 0.25) is 10.0 Å². The van der Waals surface area contributed by atoms with Gasteiger partial charge in [0.05, 0.1) is 24.7 Å². The van der Waals surface area contributed by atoms with Crippen molar-refractivity contribution in [3.63, 3.8) is 0 Å². The van der Waals surface area contributed by atoms with Gasteiger partial charge >= 0.3 is 0 Å². The van der Waals surface area contributed by atoms with Crippen molar-refractivity contribution in [2.24, 2.45) is 0 Å². The molecule has 1 aliphatic rings. The quantitative estimate of drug-likeness (QED) is 0.334. The standard InChI is InChI=1S/C26H28Cl2N2O4S2/c1-4-17(2)30(36(32,33)24-15-19(27)7-10-22(24)28)16-25(31)29-13-11-23-21(12-14-35-23)26(29)18-5-8-20(34-3)9-6-18/h5-10,12,14-15,17,26H,4,11,13,16H2,1-3H3/t17-,26-/m1/s1. The first kappa shape index (κ1) is 26.9. The number of sulfonamides is 1. The average molecular weight is 568 g/mol. The third-order valence-electron chi connectivity index (χ3n) is 6.57. The monoisotopic (exact) mass is 566 g/mol. The zero-order valence-electron chi connectivity index (χ0n) is 20.3. The Labute approximate surface area is 226 Å². The van der Waals surface area contributed by atoms with Gasteiger partial charge in [-0.25, -0.2) is 8.42 Å². The number of hydrogen-bond acceptors (Lipinski definition) is 5. The smallest absolute Gasteiger partial charge is 0.245 e. The van der Waals surface area contributed by atoms with Crippen molar-refractivity contribution < 1.29 is 17.9 Å². The lowest BCUT2D eigenvalue weighted by Gasteiger charge is -2.38. The van der Waals surface area contributed by atoms with E-state index in [0.717, 1.165) is 23.3 Å². The van der Waals surface area contributed by atoms with Crippen molar-refractivity contribution in [1.29, 1.82) is 0 Å². The predicted molar refractivity (Wildman–Crippen MR) is 145 cm³/mol. The van der Waals surface area contributed by atoms with Crippen molar-refractivity contribution in [3.05, 3.63) is 80.0 Å². The first-order valence-corrected chi connectivity index (χ1v) is 14.7. The minimum atomic E-state index is -4.09. The Kier molecular flexibility index (Phi) is 8.32. The molecule has 2 atom stereocenters. The van der Waals surface area contributed by atoms with E-state index in [1.807, 2.05) is 42.6 Å². The number of methoxy groups -OCH3 is 1. The number of ether oxygens (including phenoxy) is 1. The van der Waals surface area contributed by atoms with Gasteiger partial charge < -0.3 is 9.64 Å². The summed E-state index contributed by atoms with van der Waals surface area (Å²) in [5.74, 6) is 0.458. The Balaban J connectivity index is 1.70. The van der Waals surface area contributed by atoms with E-state index in [2.05, 4.69) is 0 Å². The van der Waals surface area contributed by atoms with Crippen LogP contribution in [0.25, 0.3) is 0 Å². The molecule has 0 unspecified atom stereocenters. The van der Waals surface area contributed by atoms with E-state index in [4.69, 9.17) is 27.9 Å². The summed E-state index contributed by atoms with van der Waals surface area (Å²) < 4.78 is 33.9. The van der Waals surface area contributed by atoms with Gasteiger partial charge in [0, 0.05) is 22.5 Å². The third-order valence-corrected chi connectivity index (χ3v) is 10.2. The molecule has 0 N–H and O–H groups in total. The van der Waals surface area contributed by atoms with Gasteiger partial charge in [0.25, 0.3) is 0 Å². The number of carbonyl (C=O) groups excluding carboxylic acids is 1. The van der Waals surface area contributed by atoms with E-state index in [1.165, 1.54) is 27.4 Å². The van der Waals surface area contributed by atoms with Crippen LogP contribution in [-0.2, 0) is 21.2 Å². The van der Waals surface area contributed by atoms with Crippen LogP contribution in [0.3, 0.4) is 0 Å². The van der Waals surface area contributed by atoms with E-state index < -0.39 is 16.1 Å². The summed E-state index contributed by atoms with van der Waals surface area (Å²) in [5.41, 5.74) is 2.01. The summed E-state index contributed by atoms with van der Waals surface area (Å²) in [6.07, 6.45) is 1.25. The van der Waals surface area contributed by atoms with Gasteiger partial charge in [0.2, 0.25) is 15.9 Å². The molecule has 6 nitrogen and oxygen atoms in total. The number of rotatable bonds is 8. The summed E-state index contributed by atoms with van der Waals surface area (Å²) in [4.78, 5) is 16.7. The molecule has 1 aromatic heterocycles. The van der Waals surface area contributed by atoms with Crippen molar-refractivity contribution in [1.82, 2.24) is 9.21 Å². The number of carbonyl (C=O) groups is 1. The molecule has 0 bridgehead atoms. The maximum Gasteiger partial charge on any atom is 0.245 e. The predicted octanol–water partition coefficient (Wildman–Crippen LogP) is 6.03. The van der Waals surface area contributed by atoms with E-state index in [9.17, 15) is 13.2 Å². The Bertz CT molecular complexity index is 1340. The number of hydrogen-bond donors (Lipinski definition) is 0. The molecule has 0 radical (unpaired) electrons. The number of amides is 1. The molecule has 0 aliphatic carbocycles. The van der Waals surface area contributed by atoms with Crippen LogP contribution in [0.15, 0.2) is 58.8 Å². The van der Waals surface area contributed by atoms with Crippen LogP contribution in [0.5, 0.6) is 5.75 Å². The van der Waals surface area contributed by atoms with Crippen molar-refractivity contribution in [2.45, 2.75) is 43.7 Å². The molecule has 4 rings (SSSR count). The highest BCUT2D eigenvalue weighted by Crippen LogP contribution is 2.39. The molecule has 0 saturated carbocycles. The van der Waals surface area contributed by atoms with Crippen molar-refractivity contribution in [2.75, 3.05) is 20.2 Å². The highest BCUT2D eigenvalue weighted by atomic mass is 35.5. The van der Waals surface area contributed by atoms with Gasteiger partial charge in [0.1, 0.15) is 10.6 Å². The molecule has 0 saturated heterocycles. The summed E-state index contributed by atoms with van der Waals surface area (Å²) in [7, 11) is -2.48. The number of benzene rings is 2. The minimum Gasteiger partial charge on any atom is -0.497 e. The Morgan fingerprint density at radius 1 is 1.19 bits per heavy atom. The molecule has 0 spiro atoms. The topological polar surface area (TPSA) is 66.9 Å². The highest BCUT2D eigenvalue weighted by molar-refractivity contribution is 7.89. The summed E-state index contributed by atoms with van der Waals surface area (Å²) in [6, 6.07) is 13.3. The zero-order chi connectivity index (χ0) is 26.0. The van der Waals surface area contributed by atoms with E-state index in [-0.39, 0.29) is 33.4 Å². The summed E-state index contributed by atoms with van der Waals surface area (Å²) >= 11 is 14.0. The second-order valence-corrected chi connectivity index (χ2v) is 12.4. The van der Waals surface area contributed by atoms with E-state index in [1.54, 1.807) is 30.3 Å². The third kappa shape index (κ3) is 5.29. The first-order valence-electron chi connectivity index (χ1n) is 11.6. The highest BCUT2D eigenvalue weighted by Gasteiger charge is 2.37. The van der Waals surface area contributed by atoms with E-state index >= 15 is 0 Å². The summed E-state index contributed by atoms with van der Waals surface area (Å²) in [5, 5.41) is 2.36. The first-order chi connectivity index (χ1) is 17.2. The van der Waals surface area contributed by atoms with Gasteiger partial charge in [-0.05, 0) is 72.7 Å². The maximum absolute atomic E-state index is 13.8. The fourth-order valence-electron chi connectivity index (χ4n) is 4.44. The Morgan fingerprint density at radius 2 is 1.92 bits per heavy atom. The molecular formula is C26H28Cl2N2O4S2. The van der Waals surface area contributed by atoms with Gasteiger partial charge in [0.15, 0.2) is 0 Å². The SMILES string of the molecule is CC[C@@H](C)N(CC(=O)N1CCc2sccc2[C@H]1c1ccc(OC)cc1)S(=O)(=O)c1cc(Cl)ccc1Cl. The van der Waals surface area contributed by atoms with Crippen molar-refractivity contribution in [3.8, 4) is 5.75 Å². The van der Waals surface area contributed by atoms with Gasteiger partial charge in [-0.15, -0.1) is 11.3 Å². The second kappa shape index (κ2) is 11.1. The molecule has 36 heavy (non-hydrogen) atoms. The molecule has 0 fully saturated rings. The fraction of sp³-hybridized carbons (Fsp3) is 0.346. The van der Waals surface area contributed by atoms with Crippen LogP contribution in [-0.4, -0.2) is 49.8 Å². The normalized spacial score (nSPS) is 16.6. The molecule has 2 heterocycles. The van der Waals surface area contributed by atoms with Crippen LogP contribution in [0.1, 0.15) is 42.3 Å². The largest absolute Gasteiger partial charge is 0.497 e. The summed E-state index contributed by atoms with van der Waals surface area (Å²) in [6.45, 7) is 3.87. The molecule has 1 aliphatic heterocycles. The minimum absolute atomic E-state index is 0.0668. The number of fused-ring (bicyclic) bond motifs is 1. The van der Waals surface area contributed by atoms with E-state index in [0.29, 0.717) is 13.0 Å².